The fourth-order valence-corrected chi connectivity index (χ4v) is 1.87. The summed E-state index contributed by atoms with van der Waals surface area (Å²) in [5.74, 6) is 0. The zero-order valence-electron chi connectivity index (χ0n) is 11.0. The molecule has 0 radical (unpaired) electrons. The summed E-state index contributed by atoms with van der Waals surface area (Å²) < 4.78 is 0. The molecular formula is C16H18N2. The average Bonchev–Trinajstić information content (AvgIpc) is 3.01. The Morgan fingerprint density at radius 1 is 0.944 bits per heavy atom. The number of aliphatic imine (C=N–C) groups is 2. The number of hydrogen-bond donors (Lipinski definition) is 0. The van der Waals surface area contributed by atoms with Crippen LogP contribution in [0, 0.1) is 0 Å². The Balaban J connectivity index is 2.06. The molecule has 2 rings (SSSR count). The van der Waals surface area contributed by atoms with E-state index in [4.69, 9.17) is 0 Å². The molecule has 0 fully saturated rings. The van der Waals surface area contributed by atoms with Gasteiger partial charge in [0.2, 0.25) is 0 Å². The highest BCUT2D eigenvalue weighted by molar-refractivity contribution is 6.22. The van der Waals surface area contributed by atoms with Crippen molar-refractivity contribution in [1.29, 1.82) is 0 Å². The summed E-state index contributed by atoms with van der Waals surface area (Å²) >= 11 is 0. The fourth-order valence-electron chi connectivity index (χ4n) is 1.87. The quantitative estimate of drug-likeness (QED) is 0.657. The van der Waals surface area contributed by atoms with Gasteiger partial charge in [0.1, 0.15) is 0 Å². The van der Waals surface area contributed by atoms with E-state index < -0.39 is 0 Å². The van der Waals surface area contributed by atoms with Gasteiger partial charge in [-0.3, -0.25) is 9.98 Å². The minimum Gasteiger partial charge on any atom is -0.257 e. The van der Waals surface area contributed by atoms with E-state index >= 15 is 0 Å². The van der Waals surface area contributed by atoms with Gasteiger partial charge in [-0.25, -0.2) is 0 Å². The topological polar surface area (TPSA) is 24.7 Å². The smallest absolute Gasteiger partial charge is 0.0460 e. The molecule has 2 heteroatoms. The molecule has 92 valence electrons. The second-order valence-corrected chi connectivity index (χ2v) is 4.45. The minimum atomic E-state index is 0.913. The maximum Gasteiger partial charge on any atom is 0.0460 e. The minimum absolute atomic E-state index is 0.913. The molecule has 0 bridgehead atoms. The molecule has 0 N–H and O–H groups in total. The zero-order chi connectivity index (χ0) is 13.0. The first-order valence-corrected chi connectivity index (χ1v) is 6.18. The normalized spacial score (nSPS) is 19.2. The first kappa shape index (κ1) is 12.5. The summed E-state index contributed by atoms with van der Waals surface area (Å²) in [6.07, 6.45) is 14.2. The molecule has 0 atom stereocenters. The van der Waals surface area contributed by atoms with Crippen molar-refractivity contribution >= 4 is 11.4 Å². The average molecular weight is 238 g/mol. The highest BCUT2D eigenvalue weighted by Gasteiger charge is 2.06. The van der Waals surface area contributed by atoms with Crippen LogP contribution in [-0.2, 0) is 0 Å². The lowest BCUT2D eigenvalue weighted by Crippen LogP contribution is -2.06. The summed E-state index contributed by atoms with van der Waals surface area (Å²) in [5, 5.41) is 0. The van der Waals surface area contributed by atoms with E-state index in [0.717, 1.165) is 41.2 Å². The van der Waals surface area contributed by atoms with Crippen LogP contribution < -0.4 is 0 Å². The lowest BCUT2D eigenvalue weighted by atomic mass is 10.1. The van der Waals surface area contributed by atoms with Crippen molar-refractivity contribution in [3.63, 3.8) is 0 Å². The lowest BCUT2D eigenvalue weighted by Gasteiger charge is -2.06. The number of rotatable bonds is 4. The molecule has 0 saturated heterocycles. The molecule has 0 amide bonds. The van der Waals surface area contributed by atoms with Crippen molar-refractivity contribution in [2.24, 2.45) is 9.98 Å². The highest BCUT2D eigenvalue weighted by Crippen LogP contribution is 2.16. The predicted molar refractivity (Wildman–Crippen MR) is 79.0 cm³/mol. The first-order valence-electron chi connectivity index (χ1n) is 6.18. The molecule has 0 spiro atoms. The van der Waals surface area contributed by atoms with Crippen molar-refractivity contribution in [1.82, 2.24) is 0 Å². The van der Waals surface area contributed by atoms with Crippen LogP contribution >= 0.6 is 0 Å². The second kappa shape index (κ2) is 5.58. The van der Waals surface area contributed by atoms with Crippen LogP contribution in [0.1, 0.15) is 26.7 Å². The molecule has 0 aromatic heterocycles. The molecule has 0 aliphatic heterocycles. The molecule has 0 aromatic rings. The molecular weight excluding hydrogens is 220 g/mol. The van der Waals surface area contributed by atoms with Crippen LogP contribution in [0.3, 0.4) is 0 Å². The third kappa shape index (κ3) is 3.04. The van der Waals surface area contributed by atoms with E-state index in [2.05, 4.69) is 28.7 Å². The molecule has 2 aliphatic rings. The fraction of sp³-hybridized carbons (Fsp3) is 0.250. The third-order valence-electron chi connectivity index (χ3n) is 3.00. The van der Waals surface area contributed by atoms with Gasteiger partial charge in [-0.2, -0.15) is 0 Å². The standard InChI is InChI=1S/C16H18N2/c1-12(13(2)17-15-8-4-5-9-15)14(3)18-16-10-6-7-11-16/h4-8,10H,1,9,11H2,2-3H3. The van der Waals surface area contributed by atoms with Gasteiger partial charge in [0.05, 0.1) is 0 Å². The van der Waals surface area contributed by atoms with E-state index in [1.54, 1.807) is 0 Å². The van der Waals surface area contributed by atoms with E-state index in [0.29, 0.717) is 0 Å². The molecule has 0 aromatic carbocycles. The van der Waals surface area contributed by atoms with Crippen LogP contribution in [-0.4, -0.2) is 11.4 Å². The van der Waals surface area contributed by atoms with E-state index in [9.17, 15) is 0 Å². The van der Waals surface area contributed by atoms with Gasteiger partial charge in [0.25, 0.3) is 0 Å². The van der Waals surface area contributed by atoms with Gasteiger partial charge >= 0.3 is 0 Å². The van der Waals surface area contributed by atoms with Gasteiger partial charge in [-0.05, 0) is 26.0 Å². The molecule has 2 aliphatic carbocycles. The van der Waals surface area contributed by atoms with Crippen molar-refractivity contribution in [2.45, 2.75) is 26.7 Å². The summed E-state index contributed by atoms with van der Waals surface area (Å²) in [5.41, 5.74) is 4.97. The third-order valence-corrected chi connectivity index (χ3v) is 3.00. The van der Waals surface area contributed by atoms with Gasteiger partial charge in [0.15, 0.2) is 0 Å². The Kier molecular flexibility index (Phi) is 3.88. The Hall–Kier alpha value is -1.96. The molecule has 0 heterocycles. The predicted octanol–water partition coefficient (Wildman–Crippen LogP) is 4.15. The van der Waals surface area contributed by atoms with Gasteiger partial charge in [0, 0.05) is 41.2 Å². The maximum atomic E-state index is 4.57. The van der Waals surface area contributed by atoms with Crippen LogP contribution in [0.15, 0.2) is 70.0 Å². The number of nitrogens with zero attached hydrogens (tertiary/aromatic N) is 2. The number of hydrogen-bond acceptors (Lipinski definition) is 2. The summed E-state index contributed by atoms with van der Waals surface area (Å²) in [6, 6.07) is 0. The van der Waals surface area contributed by atoms with Gasteiger partial charge in [-0.1, -0.05) is 30.9 Å². The van der Waals surface area contributed by atoms with Crippen LogP contribution in [0.25, 0.3) is 0 Å². The Morgan fingerprint density at radius 2 is 1.39 bits per heavy atom. The summed E-state index contributed by atoms with van der Waals surface area (Å²) in [4.78, 5) is 9.14. The number of allylic oxidation sites excluding steroid dienone is 7. The van der Waals surface area contributed by atoms with Crippen molar-refractivity contribution in [2.75, 3.05) is 0 Å². The van der Waals surface area contributed by atoms with Gasteiger partial charge < -0.3 is 0 Å². The molecule has 18 heavy (non-hydrogen) atoms. The summed E-state index contributed by atoms with van der Waals surface area (Å²) in [7, 11) is 0. The van der Waals surface area contributed by atoms with Crippen LogP contribution in [0.5, 0.6) is 0 Å². The zero-order valence-corrected chi connectivity index (χ0v) is 11.0. The second-order valence-electron chi connectivity index (χ2n) is 4.45. The van der Waals surface area contributed by atoms with Crippen molar-refractivity contribution in [3.8, 4) is 0 Å². The lowest BCUT2D eigenvalue weighted by molar-refractivity contribution is 1.18. The summed E-state index contributed by atoms with van der Waals surface area (Å²) in [6.45, 7) is 8.06. The SMILES string of the molecule is C=C(C(C)=NC1=CC=CC1)C(C)=NC1=CC=CC1. The van der Waals surface area contributed by atoms with Crippen LogP contribution in [0.2, 0.25) is 0 Å². The van der Waals surface area contributed by atoms with Crippen LogP contribution in [0.4, 0.5) is 0 Å². The Labute approximate surface area is 109 Å². The van der Waals surface area contributed by atoms with Crippen molar-refractivity contribution in [3.05, 3.63) is 60.0 Å². The first-order chi connectivity index (χ1) is 8.66. The van der Waals surface area contributed by atoms with Gasteiger partial charge in [-0.15, -0.1) is 0 Å². The molecule has 0 saturated carbocycles. The monoisotopic (exact) mass is 238 g/mol. The Morgan fingerprint density at radius 3 is 1.72 bits per heavy atom. The van der Waals surface area contributed by atoms with E-state index in [1.807, 2.05) is 38.2 Å². The van der Waals surface area contributed by atoms with E-state index in [-0.39, 0.29) is 0 Å². The Bertz CT molecular complexity index is 489. The largest absolute Gasteiger partial charge is 0.257 e. The molecule has 0 unspecified atom stereocenters. The van der Waals surface area contributed by atoms with E-state index in [1.165, 1.54) is 0 Å². The highest BCUT2D eigenvalue weighted by atomic mass is 14.8. The van der Waals surface area contributed by atoms with Crippen molar-refractivity contribution < 1.29 is 0 Å². The molecule has 2 nitrogen and oxygen atoms in total. The maximum absolute atomic E-state index is 4.57.